The molecule has 2 heteroatoms. The fourth-order valence-electron chi connectivity index (χ4n) is 2.75. The summed E-state index contributed by atoms with van der Waals surface area (Å²) in [5.41, 5.74) is 2.59. The van der Waals surface area contributed by atoms with Crippen LogP contribution in [0, 0.1) is 0 Å². The van der Waals surface area contributed by atoms with Gasteiger partial charge in [-0.05, 0) is 37.4 Å². The maximum atomic E-state index is 6.10. The van der Waals surface area contributed by atoms with Crippen LogP contribution in [0.15, 0.2) is 60.7 Å². The third kappa shape index (κ3) is 4.97. The summed E-state index contributed by atoms with van der Waals surface area (Å²) >= 11 is 0. The van der Waals surface area contributed by atoms with Crippen molar-refractivity contribution in [2.75, 3.05) is 13.2 Å². The maximum Gasteiger partial charge on any atom is 0.0980 e. The summed E-state index contributed by atoms with van der Waals surface area (Å²) in [4.78, 5) is 0. The van der Waals surface area contributed by atoms with Crippen LogP contribution in [0.25, 0.3) is 0 Å². The van der Waals surface area contributed by atoms with E-state index in [1.807, 2.05) is 0 Å². The van der Waals surface area contributed by atoms with Gasteiger partial charge >= 0.3 is 0 Å². The van der Waals surface area contributed by atoms with Gasteiger partial charge in [0.15, 0.2) is 0 Å². The van der Waals surface area contributed by atoms with Crippen LogP contribution < -0.4 is 5.32 Å². The van der Waals surface area contributed by atoms with E-state index in [9.17, 15) is 0 Å². The number of nitrogens with one attached hydrogen (secondary N) is 1. The number of benzene rings is 2. The molecular formula is C20H27NO. The lowest BCUT2D eigenvalue weighted by atomic mass is 9.95. The number of hydrogen-bond donors (Lipinski definition) is 1. The highest BCUT2D eigenvalue weighted by Gasteiger charge is 2.23. The van der Waals surface area contributed by atoms with E-state index < -0.39 is 0 Å². The monoisotopic (exact) mass is 297 g/mol. The lowest BCUT2D eigenvalue weighted by Gasteiger charge is -2.28. The first kappa shape index (κ1) is 16.7. The summed E-state index contributed by atoms with van der Waals surface area (Å²) in [6, 6.07) is 21.5. The molecule has 0 radical (unpaired) electrons. The molecule has 2 atom stereocenters. The molecule has 2 aromatic rings. The van der Waals surface area contributed by atoms with Gasteiger partial charge in [-0.15, -0.1) is 0 Å². The van der Waals surface area contributed by atoms with Crippen LogP contribution in [-0.4, -0.2) is 19.2 Å². The molecule has 0 aliphatic carbocycles. The molecule has 0 aromatic heterocycles. The summed E-state index contributed by atoms with van der Waals surface area (Å²) in [7, 11) is 0. The average molecular weight is 297 g/mol. The Morgan fingerprint density at radius 2 is 1.55 bits per heavy atom. The Hall–Kier alpha value is -1.64. The van der Waals surface area contributed by atoms with Crippen LogP contribution >= 0.6 is 0 Å². The van der Waals surface area contributed by atoms with Crippen molar-refractivity contribution in [3.05, 3.63) is 71.8 Å². The third-order valence-corrected chi connectivity index (χ3v) is 3.79. The van der Waals surface area contributed by atoms with E-state index in [2.05, 4.69) is 79.8 Å². The Kier molecular flexibility index (Phi) is 7.14. The van der Waals surface area contributed by atoms with Crippen LogP contribution in [0.2, 0.25) is 0 Å². The molecule has 0 amide bonds. The summed E-state index contributed by atoms with van der Waals surface area (Å²) in [5, 5.41) is 3.68. The number of ether oxygens (including phenoxy) is 1. The SMILES string of the molecule is CCCNC(Cc1ccccc1)C(OCC)c1ccccc1. The van der Waals surface area contributed by atoms with E-state index >= 15 is 0 Å². The Labute approximate surface area is 134 Å². The van der Waals surface area contributed by atoms with Crippen LogP contribution in [-0.2, 0) is 11.2 Å². The zero-order chi connectivity index (χ0) is 15.6. The molecule has 0 spiro atoms. The molecule has 0 bridgehead atoms. The predicted octanol–water partition coefficient (Wildman–Crippen LogP) is 4.38. The van der Waals surface area contributed by atoms with Gasteiger partial charge in [-0.2, -0.15) is 0 Å². The van der Waals surface area contributed by atoms with Gasteiger partial charge < -0.3 is 10.1 Å². The van der Waals surface area contributed by atoms with Crippen molar-refractivity contribution in [1.82, 2.24) is 5.32 Å². The minimum atomic E-state index is 0.0814. The minimum Gasteiger partial charge on any atom is -0.372 e. The standard InChI is InChI=1S/C20H27NO/c1-3-15-21-19(16-17-11-7-5-8-12-17)20(22-4-2)18-13-9-6-10-14-18/h5-14,19-21H,3-4,15-16H2,1-2H3. The maximum absolute atomic E-state index is 6.10. The van der Waals surface area contributed by atoms with E-state index in [1.54, 1.807) is 0 Å². The van der Waals surface area contributed by atoms with Gasteiger partial charge in [0.25, 0.3) is 0 Å². The number of rotatable bonds is 9. The largest absolute Gasteiger partial charge is 0.372 e. The Balaban J connectivity index is 2.19. The summed E-state index contributed by atoms with van der Waals surface area (Å²) in [6.07, 6.45) is 2.18. The highest BCUT2D eigenvalue weighted by atomic mass is 16.5. The fourth-order valence-corrected chi connectivity index (χ4v) is 2.75. The first-order valence-electron chi connectivity index (χ1n) is 8.29. The molecule has 0 aliphatic heterocycles. The molecule has 2 nitrogen and oxygen atoms in total. The van der Waals surface area contributed by atoms with Crippen molar-refractivity contribution < 1.29 is 4.74 Å². The molecule has 2 unspecified atom stereocenters. The number of hydrogen-bond acceptors (Lipinski definition) is 2. The smallest absolute Gasteiger partial charge is 0.0980 e. The van der Waals surface area contributed by atoms with Gasteiger partial charge in [0.1, 0.15) is 0 Å². The second-order valence-corrected chi connectivity index (χ2v) is 5.54. The lowest BCUT2D eigenvalue weighted by molar-refractivity contribution is 0.0332. The van der Waals surface area contributed by atoms with Crippen LogP contribution in [0.3, 0.4) is 0 Å². The predicted molar refractivity (Wildman–Crippen MR) is 93.0 cm³/mol. The first-order valence-corrected chi connectivity index (χ1v) is 8.29. The normalized spacial score (nSPS) is 13.7. The highest BCUT2D eigenvalue weighted by molar-refractivity contribution is 5.22. The molecule has 0 aliphatic rings. The van der Waals surface area contributed by atoms with Crippen LogP contribution in [0.5, 0.6) is 0 Å². The van der Waals surface area contributed by atoms with Crippen molar-refractivity contribution in [2.24, 2.45) is 0 Å². The Morgan fingerprint density at radius 3 is 2.14 bits per heavy atom. The quantitative estimate of drug-likeness (QED) is 0.742. The van der Waals surface area contributed by atoms with Gasteiger partial charge in [0.05, 0.1) is 6.10 Å². The van der Waals surface area contributed by atoms with Crippen molar-refractivity contribution >= 4 is 0 Å². The Bertz CT molecular complexity index is 512. The first-order chi connectivity index (χ1) is 10.8. The van der Waals surface area contributed by atoms with Crippen molar-refractivity contribution in [2.45, 2.75) is 38.8 Å². The van der Waals surface area contributed by atoms with Crippen molar-refractivity contribution in [3.8, 4) is 0 Å². The molecular weight excluding hydrogens is 270 g/mol. The topological polar surface area (TPSA) is 21.3 Å². The van der Waals surface area contributed by atoms with Crippen molar-refractivity contribution in [1.29, 1.82) is 0 Å². The molecule has 1 N–H and O–H groups in total. The lowest BCUT2D eigenvalue weighted by Crippen LogP contribution is -2.38. The minimum absolute atomic E-state index is 0.0814. The zero-order valence-electron chi connectivity index (χ0n) is 13.7. The average Bonchev–Trinajstić information content (AvgIpc) is 2.58. The molecule has 22 heavy (non-hydrogen) atoms. The van der Waals surface area contributed by atoms with Crippen LogP contribution in [0.1, 0.15) is 37.5 Å². The third-order valence-electron chi connectivity index (χ3n) is 3.79. The van der Waals surface area contributed by atoms with E-state index in [0.29, 0.717) is 0 Å². The van der Waals surface area contributed by atoms with Gasteiger partial charge in [-0.3, -0.25) is 0 Å². The molecule has 2 rings (SSSR count). The van der Waals surface area contributed by atoms with Crippen molar-refractivity contribution in [3.63, 3.8) is 0 Å². The summed E-state index contributed by atoms with van der Waals surface area (Å²) < 4.78 is 6.10. The highest BCUT2D eigenvalue weighted by Crippen LogP contribution is 2.24. The van der Waals surface area contributed by atoms with E-state index in [0.717, 1.165) is 26.0 Å². The van der Waals surface area contributed by atoms with E-state index in [4.69, 9.17) is 4.74 Å². The summed E-state index contributed by atoms with van der Waals surface area (Å²) in [6.45, 7) is 5.99. The molecule has 0 heterocycles. The van der Waals surface area contributed by atoms with Crippen LogP contribution in [0.4, 0.5) is 0 Å². The molecule has 0 saturated heterocycles. The van der Waals surface area contributed by atoms with Gasteiger partial charge in [-0.25, -0.2) is 0 Å². The second kappa shape index (κ2) is 9.39. The van der Waals surface area contributed by atoms with Gasteiger partial charge in [-0.1, -0.05) is 67.6 Å². The second-order valence-electron chi connectivity index (χ2n) is 5.54. The fraction of sp³-hybridized carbons (Fsp3) is 0.400. The molecule has 118 valence electrons. The summed E-state index contributed by atoms with van der Waals surface area (Å²) in [5.74, 6) is 0. The van der Waals surface area contributed by atoms with Gasteiger partial charge in [0, 0.05) is 12.6 Å². The van der Waals surface area contributed by atoms with E-state index in [-0.39, 0.29) is 12.1 Å². The molecule has 0 fully saturated rings. The van der Waals surface area contributed by atoms with Gasteiger partial charge in [0.2, 0.25) is 0 Å². The Morgan fingerprint density at radius 1 is 0.909 bits per heavy atom. The van der Waals surface area contributed by atoms with E-state index in [1.165, 1.54) is 11.1 Å². The molecule has 0 saturated carbocycles. The molecule has 2 aromatic carbocycles. The zero-order valence-corrected chi connectivity index (χ0v) is 13.7.